The Morgan fingerprint density at radius 3 is 2.82 bits per heavy atom. The molecule has 1 heterocycles. The van der Waals surface area contributed by atoms with Crippen LogP contribution in [0.4, 0.5) is 0 Å². The van der Waals surface area contributed by atoms with Crippen molar-refractivity contribution in [3.8, 4) is 0 Å². The van der Waals surface area contributed by atoms with Crippen LogP contribution in [-0.4, -0.2) is 29.9 Å². The fraction of sp³-hybridized carbons (Fsp3) is 0.417. The van der Waals surface area contributed by atoms with Crippen LogP contribution in [0.5, 0.6) is 0 Å². The highest BCUT2D eigenvalue weighted by Gasteiger charge is 2.24. The van der Waals surface area contributed by atoms with E-state index in [9.17, 15) is 4.79 Å². The van der Waals surface area contributed by atoms with Gasteiger partial charge in [0.15, 0.2) is 0 Å². The molecule has 1 aliphatic heterocycles. The summed E-state index contributed by atoms with van der Waals surface area (Å²) >= 11 is 7.29. The monoisotopic (exact) mass is 271 g/mol. The van der Waals surface area contributed by atoms with Gasteiger partial charge in [-0.1, -0.05) is 18.5 Å². The summed E-state index contributed by atoms with van der Waals surface area (Å²) in [5.74, 6) is 0.850. The summed E-state index contributed by atoms with van der Waals surface area (Å²) in [6.07, 6.45) is 0. The van der Waals surface area contributed by atoms with Crippen molar-refractivity contribution >= 4 is 29.3 Å². The number of benzene rings is 1. The van der Waals surface area contributed by atoms with Gasteiger partial charge in [0, 0.05) is 15.8 Å². The Hall–Kier alpha value is -0.710. The molecule has 0 aromatic heterocycles. The fourth-order valence-electron chi connectivity index (χ4n) is 1.53. The molecule has 5 heteroatoms. The topological polar surface area (TPSA) is 29.5 Å². The number of carbonyl (C=O) groups excluding carboxylic acids is 1. The minimum absolute atomic E-state index is 0.0225. The number of nitrogens with zero attached hydrogens (tertiary/aromatic N) is 1. The van der Waals surface area contributed by atoms with E-state index in [-0.39, 0.29) is 5.91 Å². The molecule has 1 amide bonds. The van der Waals surface area contributed by atoms with E-state index in [2.05, 4.69) is 6.92 Å². The second kappa shape index (κ2) is 5.76. The quantitative estimate of drug-likeness (QED) is 0.792. The van der Waals surface area contributed by atoms with Gasteiger partial charge in [0.05, 0.1) is 18.9 Å². The van der Waals surface area contributed by atoms with Crippen molar-refractivity contribution in [2.45, 2.75) is 11.8 Å². The minimum atomic E-state index is 0.0225. The third-order valence-corrected chi connectivity index (χ3v) is 3.70. The van der Waals surface area contributed by atoms with E-state index < -0.39 is 0 Å². The normalized spacial score (nSPS) is 19.6. The van der Waals surface area contributed by atoms with Gasteiger partial charge in [-0.05, 0) is 24.3 Å². The lowest BCUT2D eigenvalue weighted by atomic mass is 10.2. The SMILES string of the molecule is CC1CON(C(=O)CSc2ccc(Cl)cc2)C1. The van der Waals surface area contributed by atoms with Gasteiger partial charge in [-0.3, -0.25) is 9.63 Å². The van der Waals surface area contributed by atoms with Crippen molar-refractivity contribution < 1.29 is 9.63 Å². The van der Waals surface area contributed by atoms with Gasteiger partial charge >= 0.3 is 0 Å². The van der Waals surface area contributed by atoms with Crippen LogP contribution in [0.15, 0.2) is 29.2 Å². The van der Waals surface area contributed by atoms with Gasteiger partial charge in [-0.15, -0.1) is 11.8 Å². The summed E-state index contributed by atoms with van der Waals surface area (Å²) in [6.45, 7) is 3.40. The lowest BCUT2D eigenvalue weighted by Crippen LogP contribution is -2.28. The van der Waals surface area contributed by atoms with Crippen molar-refractivity contribution in [2.24, 2.45) is 5.92 Å². The minimum Gasteiger partial charge on any atom is -0.272 e. The standard InChI is InChI=1S/C12H14ClNO2S/c1-9-6-14(16-7-9)12(15)8-17-11-4-2-10(13)3-5-11/h2-5,9H,6-8H2,1H3. The number of thioether (sulfide) groups is 1. The average Bonchev–Trinajstić information content (AvgIpc) is 2.75. The van der Waals surface area contributed by atoms with Gasteiger partial charge in [0.25, 0.3) is 5.91 Å². The van der Waals surface area contributed by atoms with Crippen LogP contribution in [0.1, 0.15) is 6.92 Å². The highest BCUT2D eigenvalue weighted by Crippen LogP contribution is 2.21. The molecule has 1 aliphatic rings. The van der Waals surface area contributed by atoms with Crippen LogP contribution >= 0.6 is 23.4 Å². The Bertz CT molecular complexity index is 396. The van der Waals surface area contributed by atoms with Crippen molar-refractivity contribution in [3.05, 3.63) is 29.3 Å². The predicted molar refractivity (Wildman–Crippen MR) is 69.0 cm³/mol. The first-order chi connectivity index (χ1) is 8.15. The average molecular weight is 272 g/mol. The molecule has 3 nitrogen and oxygen atoms in total. The number of hydrogen-bond donors (Lipinski definition) is 0. The maximum atomic E-state index is 11.8. The molecule has 1 atom stereocenters. The summed E-state index contributed by atoms with van der Waals surface area (Å²) in [4.78, 5) is 18.1. The third-order valence-electron chi connectivity index (χ3n) is 2.45. The van der Waals surface area contributed by atoms with Crippen LogP contribution in [0, 0.1) is 5.92 Å². The number of carbonyl (C=O) groups is 1. The molecule has 1 fully saturated rings. The second-order valence-electron chi connectivity index (χ2n) is 4.10. The van der Waals surface area contributed by atoms with E-state index in [0.717, 1.165) is 4.90 Å². The first kappa shape index (κ1) is 12.7. The molecule has 1 unspecified atom stereocenters. The zero-order valence-corrected chi connectivity index (χ0v) is 11.1. The van der Waals surface area contributed by atoms with E-state index >= 15 is 0 Å². The predicted octanol–water partition coefficient (Wildman–Crippen LogP) is 2.84. The largest absolute Gasteiger partial charge is 0.272 e. The second-order valence-corrected chi connectivity index (χ2v) is 5.58. The van der Waals surface area contributed by atoms with Crippen molar-refractivity contribution in [2.75, 3.05) is 18.9 Å². The van der Waals surface area contributed by atoms with E-state index in [4.69, 9.17) is 16.4 Å². The van der Waals surface area contributed by atoms with Crippen LogP contribution in [0.2, 0.25) is 5.02 Å². The van der Waals surface area contributed by atoms with Gasteiger partial charge in [0.1, 0.15) is 0 Å². The first-order valence-electron chi connectivity index (χ1n) is 5.47. The molecule has 0 N–H and O–H groups in total. The highest BCUT2D eigenvalue weighted by atomic mass is 35.5. The summed E-state index contributed by atoms with van der Waals surface area (Å²) in [6, 6.07) is 7.47. The molecule has 0 radical (unpaired) electrons. The van der Waals surface area contributed by atoms with Crippen molar-refractivity contribution in [3.63, 3.8) is 0 Å². The molecule has 1 aromatic carbocycles. The number of hydrogen-bond acceptors (Lipinski definition) is 3. The molecule has 1 aromatic rings. The number of amides is 1. The molecular weight excluding hydrogens is 258 g/mol. The van der Waals surface area contributed by atoms with Gasteiger partial charge in [-0.2, -0.15) is 0 Å². The van der Waals surface area contributed by atoms with Gasteiger partial charge in [-0.25, -0.2) is 5.06 Å². The van der Waals surface area contributed by atoms with E-state index in [1.165, 1.54) is 16.8 Å². The molecule has 0 bridgehead atoms. The number of hydroxylamine groups is 2. The zero-order chi connectivity index (χ0) is 12.3. The van der Waals surface area contributed by atoms with Gasteiger partial charge < -0.3 is 0 Å². The summed E-state index contributed by atoms with van der Waals surface area (Å²) in [5, 5.41) is 2.17. The van der Waals surface area contributed by atoms with E-state index in [1.807, 2.05) is 24.3 Å². The maximum Gasteiger partial charge on any atom is 0.256 e. The Kier molecular flexibility index (Phi) is 4.31. The van der Waals surface area contributed by atoms with Crippen LogP contribution < -0.4 is 0 Å². The Morgan fingerprint density at radius 2 is 2.24 bits per heavy atom. The summed E-state index contributed by atoms with van der Waals surface area (Å²) in [5.41, 5.74) is 0. The van der Waals surface area contributed by atoms with E-state index in [0.29, 0.717) is 29.8 Å². The molecule has 0 spiro atoms. The molecule has 0 aliphatic carbocycles. The Labute approximate surface area is 110 Å². The maximum absolute atomic E-state index is 11.8. The zero-order valence-electron chi connectivity index (χ0n) is 9.56. The molecule has 0 saturated carbocycles. The highest BCUT2D eigenvalue weighted by molar-refractivity contribution is 8.00. The first-order valence-corrected chi connectivity index (χ1v) is 6.83. The lowest BCUT2D eigenvalue weighted by molar-refractivity contribution is -0.165. The van der Waals surface area contributed by atoms with Gasteiger partial charge in [0.2, 0.25) is 0 Å². The molecule has 17 heavy (non-hydrogen) atoms. The van der Waals surface area contributed by atoms with Crippen LogP contribution in [-0.2, 0) is 9.63 Å². The molecular formula is C12H14ClNO2S. The van der Waals surface area contributed by atoms with Crippen LogP contribution in [0.3, 0.4) is 0 Å². The van der Waals surface area contributed by atoms with Crippen LogP contribution in [0.25, 0.3) is 0 Å². The lowest BCUT2D eigenvalue weighted by Gasteiger charge is -2.13. The Morgan fingerprint density at radius 1 is 1.53 bits per heavy atom. The smallest absolute Gasteiger partial charge is 0.256 e. The third kappa shape index (κ3) is 3.63. The summed E-state index contributed by atoms with van der Waals surface area (Å²) < 4.78 is 0. The number of rotatable bonds is 3. The Balaban J connectivity index is 1.82. The van der Waals surface area contributed by atoms with Crippen molar-refractivity contribution in [1.82, 2.24) is 5.06 Å². The molecule has 2 rings (SSSR count). The molecule has 1 saturated heterocycles. The fourth-order valence-corrected chi connectivity index (χ4v) is 2.42. The number of halogens is 1. The summed E-state index contributed by atoms with van der Waals surface area (Å²) in [7, 11) is 0. The van der Waals surface area contributed by atoms with E-state index in [1.54, 1.807) is 0 Å². The van der Waals surface area contributed by atoms with Crippen molar-refractivity contribution in [1.29, 1.82) is 0 Å². The molecule has 92 valence electrons.